The monoisotopic (exact) mass is 403 g/mol. The maximum absolute atomic E-state index is 12.6. The third-order valence-electron chi connectivity index (χ3n) is 4.58. The lowest BCUT2D eigenvalue weighted by molar-refractivity contribution is -0.123. The molecule has 0 heterocycles. The lowest BCUT2D eigenvalue weighted by Gasteiger charge is -2.20. The van der Waals surface area contributed by atoms with Crippen LogP contribution in [0.25, 0.3) is 0 Å². The Hall–Kier alpha value is -3.60. The molecule has 0 aliphatic heterocycles. The SMILES string of the molecule is CCOc1cc(C=O)ccc1OCC(=O)N[C@H](Cc1ccccc1)c1ccccc1. The Kier molecular flexibility index (Phi) is 7.61. The maximum atomic E-state index is 12.6. The van der Waals surface area contributed by atoms with Crippen molar-refractivity contribution in [2.45, 2.75) is 19.4 Å². The van der Waals surface area contributed by atoms with Gasteiger partial charge in [-0.1, -0.05) is 60.7 Å². The number of carbonyl (C=O) groups excluding carboxylic acids is 2. The topological polar surface area (TPSA) is 64.6 Å². The first-order chi connectivity index (χ1) is 14.7. The van der Waals surface area contributed by atoms with E-state index in [1.54, 1.807) is 18.2 Å². The summed E-state index contributed by atoms with van der Waals surface area (Å²) in [6, 6.07) is 24.6. The minimum absolute atomic E-state index is 0.154. The second-order valence-electron chi connectivity index (χ2n) is 6.77. The van der Waals surface area contributed by atoms with Gasteiger partial charge in [-0.25, -0.2) is 0 Å². The Morgan fingerprint density at radius 3 is 2.30 bits per heavy atom. The lowest BCUT2D eigenvalue weighted by atomic mass is 9.99. The van der Waals surface area contributed by atoms with E-state index in [0.29, 0.717) is 30.1 Å². The number of aldehydes is 1. The number of rotatable bonds is 10. The van der Waals surface area contributed by atoms with Gasteiger partial charge in [-0.3, -0.25) is 9.59 Å². The Morgan fingerprint density at radius 1 is 0.933 bits per heavy atom. The zero-order chi connectivity index (χ0) is 21.2. The van der Waals surface area contributed by atoms with Gasteiger partial charge in [-0.15, -0.1) is 0 Å². The molecule has 5 heteroatoms. The minimum Gasteiger partial charge on any atom is -0.490 e. The van der Waals surface area contributed by atoms with Gasteiger partial charge in [-0.2, -0.15) is 0 Å². The summed E-state index contributed by atoms with van der Waals surface area (Å²) >= 11 is 0. The molecule has 0 spiro atoms. The van der Waals surface area contributed by atoms with Gasteiger partial charge in [0.05, 0.1) is 12.6 Å². The van der Waals surface area contributed by atoms with Crippen molar-refractivity contribution in [2.75, 3.05) is 13.2 Å². The molecule has 1 amide bonds. The van der Waals surface area contributed by atoms with E-state index in [0.717, 1.165) is 17.4 Å². The molecular formula is C25H25NO4. The van der Waals surface area contributed by atoms with Gasteiger partial charge in [0, 0.05) is 5.56 Å². The highest BCUT2D eigenvalue weighted by atomic mass is 16.5. The molecule has 0 saturated carbocycles. The number of ether oxygens (including phenoxy) is 2. The third kappa shape index (κ3) is 5.95. The molecule has 3 aromatic rings. The molecule has 30 heavy (non-hydrogen) atoms. The predicted molar refractivity (Wildman–Crippen MR) is 116 cm³/mol. The summed E-state index contributed by atoms with van der Waals surface area (Å²) in [5, 5.41) is 3.07. The van der Waals surface area contributed by atoms with Crippen molar-refractivity contribution >= 4 is 12.2 Å². The van der Waals surface area contributed by atoms with Crippen LogP contribution in [-0.2, 0) is 11.2 Å². The Balaban J connectivity index is 1.68. The highest BCUT2D eigenvalue weighted by Crippen LogP contribution is 2.28. The standard InChI is InChI=1S/C25H25NO4/c1-2-29-24-16-20(17-27)13-14-23(24)30-18-25(28)26-22(21-11-7-4-8-12-21)15-19-9-5-3-6-10-19/h3-14,16-17,22H,2,15,18H2,1H3,(H,26,28)/t22-/m1/s1. The van der Waals surface area contributed by atoms with Crippen molar-refractivity contribution < 1.29 is 19.1 Å². The van der Waals surface area contributed by atoms with Crippen LogP contribution >= 0.6 is 0 Å². The summed E-state index contributed by atoms with van der Waals surface area (Å²) in [4.78, 5) is 23.6. The van der Waals surface area contributed by atoms with Gasteiger partial charge in [0.1, 0.15) is 6.29 Å². The van der Waals surface area contributed by atoms with E-state index in [-0.39, 0.29) is 18.6 Å². The Labute approximate surface area is 176 Å². The fraction of sp³-hybridized carbons (Fsp3) is 0.200. The molecule has 0 aromatic heterocycles. The molecule has 0 bridgehead atoms. The number of benzene rings is 3. The average Bonchev–Trinajstić information content (AvgIpc) is 2.79. The first-order valence-electron chi connectivity index (χ1n) is 9.92. The van der Waals surface area contributed by atoms with Crippen LogP contribution in [0.1, 0.15) is 34.5 Å². The Morgan fingerprint density at radius 2 is 1.63 bits per heavy atom. The minimum atomic E-state index is -0.235. The van der Waals surface area contributed by atoms with Gasteiger partial charge < -0.3 is 14.8 Å². The fourth-order valence-corrected chi connectivity index (χ4v) is 3.15. The van der Waals surface area contributed by atoms with Crippen LogP contribution in [0.3, 0.4) is 0 Å². The molecule has 0 radical (unpaired) electrons. The summed E-state index contributed by atoms with van der Waals surface area (Å²) in [5.41, 5.74) is 2.65. The molecular weight excluding hydrogens is 378 g/mol. The first-order valence-corrected chi connectivity index (χ1v) is 9.92. The number of hydrogen-bond acceptors (Lipinski definition) is 4. The molecule has 5 nitrogen and oxygen atoms in total. The van der Waals surface area contributed by atoms with Crippen molar-refractivity contribution in [3.8, 4) is 11.5 Å². The van der Waals surface area contributed by atoms with Crippen molar-refractivity contribution in [3.05, 3.63) is 95.6 Å². The van der Waals surface area contributed by atoms with E-state index in [9.17, 15) is 9.59 Å². The number of nitrogens with one attached hydrogen (secondary N) is 1. The molecule has 1 N–H and O–H groups in total. The average molecular weight is 403 g/mol. The number of carbonyl (C=O) groups is 2. The normalized spacial score (nSPS) is 11.4. The summed E-state index contributed by atoms with van der Waals surface area (Å²) < 4.78 is 11.2. The molecule has 0 saturated heterocycles. The van der Waals surface area contributed by atoms with Crippen LogP contribution in [0.2, 0.25) is 0 Å². The van der Waals surface area contributed by atoms with E-state index >= 15 is 0 Å². The summed E-state index contributed by atoms with van der Waals surface area (Å²) in [5.74, 6) is 0.636. The molecule has 3 rings (SSSR count). The molecule has 0 unspecified atom stereocenters. The van der Waals surface area contributed by atoms with E-state index < -0.39 is 0 Å². The predicted octanol–water partition coefficient (Wildman–Crippen LogP) is 4.38. The molecule has 1 atom stereocenters. The maximum Gasteiger partial charge on any atom is 0.258 e. The quantitative estimate of drug-likeness (QED) is 0.511. The van der Waals surface area contributed by atoms with E-state index in [1.165, 1.54) is 0 Å². The van der Waals surface area contributed by atoms with E-state index in [4.69, 9.17) is 9.47 Å². The van der Waals surface area contributed by atoms with Crippen LogP contribution in [0.15, 0.2) is 78.9 Å². The van der Waals surface area contributed by atoms with Gasteiger partial charge in [0.2, 0.25) is 0 Å². The van der Waals surface area contributed by atoms with Gasteiger partial charge in [0.25, 0.3) is 5.91 Å². The van der Waals surface area contributed by atoms with Crippen LogP contribution < -0.4 is 14.8 Å². The van der Waals surface area contributed by atoms with Crippen molar-refractivity contribution in [1.82, 2.24) is 5.32 Å². The summed E-state index contributed by atoms with van der Waals surface area (Å²) in [6.45, 7) is 2.12. The van der Waals surface area contributed by atoms with Crippen molar-refractivity contribution in [3.63, 3.8) is 0 Å². The van der Waals surface area contributed by atoms with Crippen LogP contribution in [0.5, 0.6) is 11.5 Å². The fourth-order valence-electron chi connectivity index (χ4n) is 3.15. The Bertz CT molecular complexity index is 957. The highest BCUT2D eigenvalue weighted by Gasteiger charge is 2.16. The van der Waals surface area contributed by atoms with Crippen molar-refractivity contribution in [2.24, 2.45) is 0 Å². The second kappa shape index (κ2) is 10.8. The van der Waals surface area contributed by atoms with Gasteiger partial charge in [0.15, 0.2) is 18.1 Å². The lowest BCUT2D eigenvalue weighted by Crippen LogP contribution is -2.33. The largest absolute Gasteiger partial charge is 0.490 e. The number of hydrogen-bond donors (Lipinski definition) is 1. The molecule has 154 valence electrons. The molecule has 0 aliphatic rings. The third-order valence-corrected chi connectivity index (χ3v) is 4.58. The second-order valence-corrected chi connectivity index (χ2v) is 6.77. The van der Waals surface area contributed by atoms with Crippen molar-refractivity contribution in [1.29, 1.82) is 0 Å². The van der Waals surface area contributed by atoms with Crippen LogP contribution in [0.4, 0.5) is 0 Å². The molecule has 0 fully saturated rings. The van der Waals surface area contributed by atoms with E-state index in [2.05, 4.69) is 5.32 Å². The highest BCUT2D eigenvalue weighted by molar-refractivity contribution is 5.79. The van der Waals surface area contributed by atoms with Gasteiger partial charge in [-0.05, 0) is 42.7 Å². The van der Waals surface area contributed by atoms with Crippen LogP contribution in [0, 0.1) is 0 Å². The zero-order valence-electron chi connectivity index (χ0n) is 16.9. The molecule has 0 aliphatic carbocycles. The molecule has 3 aromatic carbocycles. The smallest absolute Gasteiger partial charge is 0.258 e. The zero-order valence-corrected chi connectivity index (χ0v) is 16.9. The summed E-state index contributed by atoms with van der Waals surface area (Å²) in [6.07, 6.45) is 1.42. The number of amides is 1. The van der Waals surface area contributed by atoms with Gasteiger partial charge >= 0.3 is 0 Å². The first kappa shape index (κ1) is 21.1. The van der Waals surface area contributed by atoms with E-state index in [1.807, 2.05) is 67.6 Å². The summed E-state index contributed by atoms with van der Waals surface area (Å²) in [7, 11) is 0. The van der Waals surface area contributed by atoms with Crippen LogP contribution in [-0.4, -0.2) is 25.4 Å².